The van der Waals surface area contributed by atoms with E-state index in [1.165, 1.54) is 0 Å². The molecule has 0 aliphatic carbocycles. The summed E-state index contributed by atoms with van der Waals surface area (Å²) in [5.41, 5.74) is 10.6. The van der Waals surface area contributed by atoms with Crippen molar-refractivity contribution in [1.29, 1.82) is 0 Å². The van der Waals surface area contributed by atoms with E-state index < -0.39 is 73.1 Å². The van der Waals surface area contributed by atoms with Gasteiger partial charge >= 0.3 is 23.9 Å². The molecule has 0 rings (SSSR count). The molecule has 0 fully saturated rings. The molecule has 0 aromatic rings. The monoisotopic (exact) mass is 433 g/mol. The quantitative estimate of drug-likeness (QED) is 0.126. The largest absolute Gasteiger partial charge is 0.481 e. The van der Waals surface area contributed by atoms with Crippen LogP contribution in [0.25, 0.3) is 0 Å². The molecule has 14 nitrogen and oxygen atoms in total. The third-order valence-electron chi connectivity index (χ3n) is 3.87. The van der Waals surface area contributed by atoms with Crippen LogP contribution in [0.2, 0.25) is 0 Å². The van der Waals surface area contributed by atoms with E-state index in [9.17, 15) is 28.8 Å². The Labute approximate surface area is 171 Å². The van der Waals surface area contributed by atoms with E-state index >= 15 is 0 Å². The van der Waals surface area contributed by atoms with E-state index in [-0.39, 0.29) is 19.4 Å². The summed E-state index contributed by atoms with van der Waals surface area (Å²) in [5, 5.41) is 33.3. The number of primary amides is 1. The highest BCUT2D eigenvalue weighted by Crippen LogP contribution is 2.04. The topological polar surface area (TPSA) is 251 Å². The van der Waals surface area contributed by atoms with Crippen molar-refractivity contribution >= 4 is 35.8 Å². The zero-order valence-corrected chi connectivity index (χ0v) is 16.1. The van der Waals surface area contributed by atoms with Crippen LogP contribution >= 0.6 is 0 Å². The average Bonchev–Trinajstić information content (AvgIpc) is 2.64. The molecule has 0 saturated carbocycles. The third kappa shape index (κ3) is 12.1. The number of carboxylic acid groups (broad SMARTS) is 3. The lowest BCUT2D eigenvalue weighted by Gasteiger charge is -2.22. The van der Waals surface area contributed by atoms with Crippen LogP contribution in [0.5, 0.6) is 0 Å². The first-order valence-corrected chi connectivity index (χ1v) is 9.00. The lowest BCUT2D eigenvalue weighted by molar-refractivity contribution is -0.144. The Bertz CT molecular complexity index is 655. The third-order valence-corrected chi connectivity index (χ3v) is 3.87. The maximum atomic E-state index is 12.4. The Kier molecular flexibility index (Phi) is 12.1. The van der Waals surface area contributed by atoms with E-state index in [1.807, 2.05) is 0 Å². The molecular formula is C16H27N5O9. The van der Waals surface area contributed by atoms with E-state index in [0.717, 1.165) is 0 Å². The van der Waals surface area contributed by atoms with Crippen molar-refractivity contribution in [1.82, 2.24) is 16.0 Å². The number of rotatable bonds is 15. The maximum Gasteiger partial charge on any atom is 0.326 e. The van der Waals surface area contributed by atoms with Crippen molar-refractivity contribution in [2.45, 2.75) is 56.7 Å². The SMILES string of the molecule is NC(=O)NCCC[C@H](N)C(=O)N[C@@H](CCC(=O)O)C(=O)N[C@@H](CCC(=O)O)C(=O)O. The summed E-state index contributed by atoms with van der Waals surface area (Å²) in [5.74, 6) is -5.75. The number of nitrogens with one attached hydrogen (secondary N) is 3. The van der Waals surface area contributed by atoms with Gasteiger partial charge in [0.05, 0.1) is 6.04 Å². The summed E-state index contributed by atoms with van der Waals surface area (Å²) in [7, 11) is 0. The number of carboxylic acids is 3. The number of hydrogen-bond acceptors (Lipinski definition) is 7. The van der Waals surface area contributed by atoms with Gasteiger partial charge in [-0.2, -0.15) is 0 Å². The first-order valence-electron chi connectivity index (χ1n) is 9.00. The van der Waals surface area contributed by atoms with Gasteiger partial charge in [-0.1, -0.05) is 0 Å². The molecule has 0 unspecified atom stereocenters. The Morgan fingerprint density at radius 1 is 0.767 bits per heavy atom. The van der Waals surface area contributed by atoms with Gasteiger partial charge in [-0.25, -0.2) is 9.59 Å². The van der Waals surface area contributed by atoms with Gasteiger partial charge in [0, 0.05) is 19.4 Å². The highest BCUT2D eigenvalue weighted by Gasteiger charge is 2.28. The predicted molar refractivity (Wildman–Crippen MR) is 100 cm³/mol. The number of carbonyl (C=O) groups excluding carboxylic acids is 3. The number of urea groups is 1. The highest BCUT2D eigenvalue weighted by molar-refractivity contribution is 5.92. The molecule has 14 heteroatoms. The second-order valence-corrected chi connectivity index (χ2v) is 6.37. The van der Waals surface area contributed by atoms with Gasteiger partial charge in [0.2, 0.25) is 11.8 Å². The molecule has 0 aliphatic heterocycles. The Morgan fingerprint density at radius 3 is 1.73 bits per heavy atom. The van der Waals surface area contributed by atoms with Crippen LogP contribution in [-0.2, 0) is 24.0 Å². The lowest BCUT2D eigenvalue weighted by atomic mass is 10.1. The predicted octanol–water partition coefficient (Wildman–Crippen LogP) is -2.45. The highest BCUT2D eigenvalue weighted by atomic mass is 16.4. The Balaban J connectivity index is 4.97. The van der Waals surface area contributed by atoms with Crippen LogP contribution in [0.4, 0.5) is 4.79 Å². The molecule has 0 aromatic carbocycles. The first-order chi connectivity index (χ1) is 13.9. The van der Waals surface area contributed by atoms with Crippen molar-refractivity contribution in [3.8, 4) is 0 Å². The normalized spacial score (nSPS) is 13.4. The summed E-state index contributed by atoms with van der Waals surface area (Å²) in [6.07, 6.45) is -1.33. The summed E-state index contributed by atoms with van der Waals surface area (Å²) in [6.45, 7) is 0.170. The number of amides is 4. The second-order valence-electron chi connectivity index (χ2n) is 6.37. The van der Waals surface area contributed by atoms with E-state index in [4.69, 9.17) is 26.8 Å². The molecule has 10 N–H and O–H groups in total. The van der Waals surface area contributed by atoms with Crippen LogP contribution in [0.1, 0.15) is 38.5 Å². The summed E-state index contributed by atoms with van der Waals surface area (Å²) >= 11 is 0. The Morgan fingerprint density at radius 2 is 1.27 bits per heavy atom. The van der Waals surface area contributed by atoms with Gasteiger partial charge in [0.1, 0.15) is 12.1 Å². The summed E-state index contributed by atoms with van der Waals surface area (Å²) in [6, 6.07) is -4.75. The molecule has 3 atom stereocenters. The van der Waals surface area contributed by atoms with Gasteiger partial charge < -0.3 is 42.7 Å². The summed E-state index contributed by atoms with van der Waals surface area (Å²) in [4.78, 5) is 67.8. The minimum Gasteiger partial charge on any atom is -0.481 e. The number of nitrogens with two attached hydrogens (primary N) is 2. The Hall–Kier alpha value is -3.42. The molecular weight excluding hydrogens is 406 g/mol. The molecule has 0 bridgehead atoms. The first kappa shape index (κ1) is 26.6. The van der Waals surface area contributed by atoms with E-state index in [0.29, 0.717) is 6.42 Å². The fraction of sp³-hybridized carbons (Fsp3) is 0.625. The standard InChI is InChI=1S/C16H27N5O9/c17-8(2-1-7-19-16(18)30)13(26)20-9(3-5-11(22)23)14(27)21-10(15(28)29)4-6-12(24)25/h8-10H,1-7,17H2,(H,20,26)(H,21,27)(H,22,23)(H,24,25)(H,28,29)(H3,18,19,30)/t8-,9-,10-/m0/s1. The molecule has 0 spiro atoms. The van der Waals surface area contributed by atoms with Gasteiger partial charge in [-0.3, -0.25) is 19.2 Å². The molecule has 4 amide bonds. The van der Waals surface area contributed by atoms with E-state index in [1.54, 1.807) is 0 Å². The fourth-order valence-corrected chi connectivity index (χ4v) is 2.28. The number of carbonyl (C=O) groups is 6. The maximum absolute atomic E-state index is 12.4. The van der Waals surface area contributed by atoms with Crippen LogP contribution in [0.15, 0.2) is 0 Å². The molecule has 0 saturated heterocycles. The number of aliphatic carboxylic acids is 3. The molecule has 170 valence electrons. The molecule has 0 aliphatic rings. The summed E-state index contributed by atoms with van der Waals surface area (Å²) < 4.78 is 0. The average molecular weight is 433 g/mol. The van der Waals surface area contributed by atoms with Crippen LogP contribution in [0.3, 0.4) is 0 Å². The molecule has 0 aromatic heterocycles. The zero-order valence-electron chi connectivity index (χ0n) is 16.1. The second kappa shape index (κ2) is 13.7. The van der Waals surface area contributed by atoms with Crippen LogP contribution in [0, 0.1) is 0 Å². The van der Waals surface area contributed by atoms with Crippen molar-refractivity contribution in [3.05, 3.63) is 0 Å². The van der Waals surface area contributed by atoms with Crippen molar-refractivity contribution in [2.75, 3.05) is 6.54 Å². The van der Waals surface area contributed by atoms with E-state index in [2.05, 4.69) is 16.0 Å². The van der Waals surface area contributed by atoms with Crippen molar-refractivity contribution < 1.29 is 44.1 Å². The minimum atomic E-state index is -1.54. The smallest absolute Gasteiger partial charge is 0.326 e. The molecule has 0 radical (unpaired) electrons. The zero-order chi connectivity index (χ0) is 23.3. The lowest BCUT2D eigenvalue weighted by Crippen LogP contribution is -2.54. The van der Waals surface area contributed by atoms with Crippen LogP contribution in [-0.4, -0.2) is 75.7 Å². The van der Waals surface area contributed by atoms with Crippen molar-refractivity contribution in [3.63, 3.8) is 0 Å². The molecule has 30 heavy (non-hydrogen) atoms. The van der Waals surface area contributed by atoms with Crippen molar-refractivity contribution in [2.24, 2.45) is 11.5 Å². The van der Waals surface area contributed by atoms with Gasteiger partial charge in [-0.05, 0) is 25.7 Å². The minimum absolute atomic E-state index is 0.121. The van der Waals surface area contributed by atoms with Gasteiger partial charge in [0.15, 0.2) is 0 Å². The van der Waals surface area contributed by atoms with Gasteiger partial charge in [0.25, 0.3) is 0 Å². The van der Waals surface area contributed by atoms with Gasteiger partial charge in [-0.15, -0.1) is 0 Å². The molecule has 0 heterocycles. The number of hydrogen-bond donors (Lipinski definition) is 8. The fourth-order valence-electron chi connectivity index (χ4n) is 2.28. The van der Waals surface area contributed by atoms with Crippen LogP contribution < -0.4 is 27.4 Å².